The van der Waals surface area contributed by atoms with Crippen molar-refractivity contribution in [3.8, 4) is 0 Å². The van der Waals surface area contributed by atoms with Crippen molar-refractivity contribution >= 4 is 17.9 Å². The second-order valence-electron chi connectivity index (χ2n) is 7.40. The molecule has 0 aliphatic heterocycles. The second kappa shape index (κ2) is 12.4. The highest BCUT2D eigenvalue weighted by atomic mass is 16.5. The third kappa shape index (κ3) is 8.12. The van der Waals surface area contributed by atoms with E-state index in [1.807, 2.05) is 49.4 Å². The van der Waals surface area contributed by atoms with Gasteiger partial charge in [0.2, 0.25) is 5.91 Å². The van der Waals surface area contributed by atoms with E-state index in [2.05, 4.69) is 5.32 Å². The topological polar surface area (TPSA) is 79.0 Å². The molecule has 2 aromatic carbocycles. The average molecular weight is 426 g/mol. The van der Waals surface area contributed by atoms with Crippen LogP contribution in [0.4, 0.5) is 4.79 Å². The minimum atomic E-state index is -0.490. The summed E-state index contributed by atoms with van der Waals surface area (Å²) < 4.78 is 5.15. The zero-order valence-corrected chi connectivity index (χ0v) is 18.5. The minimum absolute atomic E-state index is 0.0235. The monoisotopic (exact) mass is 425 g/mol. The van der Waals surface area contributed by atoms with Gasteiger partial charge in [0.25, 0.3) is 5.91 Å². The van der Waals surface area contributed by atoms with Gasteiger partial charge < -0.3 is 19.9 Å². The minimum Gasteiger partial charge on any atom is -0.445 e. The van der Waals surface area contributed by atoms with E-state index >= 15 is 0 Å². The molecule has 31 heavy (non-hydrogen) atoms. The summed E-state index contributed by atoms with van der Waals surface area (Å²) in [4.78, 5) is 39.5. The van der Waals surface area contributed by atoms with Gasteiger partial charge >= 0.3 is 6.09 Å². The van der Waals surface area contributed by atoms with Crippen LogP contribution in [0.25, 0.3) is 0 Å². The molecule has 7 heteroatoms. The number of rotatable bonds is 10. The molecule has 2 aromatic rings. The molecule has 0 spiro atoms. The number of ether oxygens (including phenoxy) is 1. The van der Waals surface area contributed by atoms with Gasteiger partial charge in [-0.25, -0.2) is 4.79 Å². The van der Waals surface area contributed by atoms with E-state index in [0.29, 0.717) is 38.0 Å². The van der Waals surface area contributed by atoms with Crippen LogP contribution in [0.3, 0.4) is 0 Å². The highest BCUT2D eigenvalue weighted by Gasteiger charge is 2.13. The zero-order valence-electron chi connectivity index (χ0n) is 18.5. The average Bonchev–Trinajstić information content (AvgIpc) is 2.79. The number of carbonyl (C=O) groups is 3. The zero-order chi connectivity index (χ0) is 22.6. The second-order valence-corrected chi connectivity index (χ2v) is 7.40. The molecule has 0 unspecified atom stereocenters. The molecule has 0 aliphatic carbocycles. The van der Waals surface area contributed by atoms with Crippen LogP contribution in [-0.4, -0.2) is 54.9 Å². The first-order chi connectivity index (χ1) is 14.9. The number of carbonyl (C=O) groups excluding carboxylic acids is 3. The third-order valence-electron chi connectivity index (χ3n) is 4.76. The summed E-state index contributed by atoms with van der Waals surface area (Å²) in [6.07, 6.45) is 0.381. The van der Waals surface area contributed by atoms with Gasteiger partial charge in [0.1, 0.15) is 6.61 Å². The molecule has 0 saturated heterocycles. The Kier molecular flexibility index (Phi) is 9.55. The standard InChI is InChI=1S/C24H31N3O4/c1-4-27(17-19-12-14-21(15-13-19)23(29)26(2)3)22(28)11-8-16-25-24(30)31-18-20-9-6-5-7-10-20/h5-7,9-10,12-15H,4,8,11,16-18H2,1-3H3,(H,25,30). The lowest BCUT2D eigenvalue weighted by Crippen LogP contribution is -2.31. The van der Waals surface area contributed by atoms with Gasteiger partial charge in [0, 0.05) is 45.7 Å². The van der Waals surface area contributed by atoms with Crippen LogP contribution >= 0.6 is 0 Å². The van der Waals surface area contributed by atoms with Gasteiger partial charge in [0.05, 0.1) is 0 Å². The lowest BCUT2D eigenvalue weighted by atomic mass is 10.1. The number of hydrogen-bond donors (Lipinski definition) is 1. The predicted octanol–water partition coefficient (Wildman–Crippen LogP) is 3.44. The van der Waals surface area contributed by atoms with Crippen LogP contribution in [0.15, 0.2) is 54.6 Å². The van der Waals surface area contributed by atoms with Gasteiger partial charge in [-0.1, -0.05) is 42.5 Å². The summed E-state index contributed by atoms with van der Waals surface area (Å²) >= 11 is 0. The van der Waals surface area contributed by atoms with Crippen molar-refractivity contribution in [1.29, 1.82) is 0 Å². The number of nitrogens with zero attached hydrogens (tertiary/aromatic N) is 2. The molecule has 166 valence electrons. The van der Waals surface area contributed by atoms with E-state index in [1.165, 1.54) is 4.90 Å². The molecular formula is C24H31N3O4. The molecule has 2 rings (SSSR count). The molecular weight excluding hydrogens is 394 g/mol. The van der Waals surface area contributed by atoms with Crippen molar-refractivity contribution in [2.24, 2.45) is 0 Å². The molecule has 0 heterocycles. The Bertz CT molecular complexity index is 851. The summed E-state index contributed by atoms with van der Waals surface area (Å²) in [5, 5.41) is 2.67. The van der Waals surface area contributed by atoms with Gasteiger partial charge in [-0.3, -0.25) is 9.59 Å². The first-order valence-electron chi connectivity index (χ1n) is 10.4. The quantitative estimate of drug-likeness (QED) is 0.592. The van der Waals surface area contributed by atoms with E-state index < -0.39 is 6.09 Å². The Balaban J connectivity index is 1.71. The normalized spacial score (nSPS) is 10.3. The molecule has 0 fully saturated rings. The highest BCUT2D eigenvalue weighted by molar-refractivity contribution is 5.93. The van der Waals surface area contributed by atoms with Crippen molar-refractivity contribution in [1.82, 2.24) is 15.1 Å². The van der Waals surface area contributed by atoms with E-state index in [-0.39, 0.29) is 18.4 Å². The lowest BCUT2D eigenvalue weighted by molar-refractivity contribution is -0.131. The van der Waals surface area contributed by atoms with E-state index in [0.717, 1.165) is 11.1 Å². The number of alkyl carbamates (subject to hydrolysis) is 1. The SMILES string of the molecule is CCN(Cc1ccc(C(=O)N(C)C)cc1)C(=O)CCCNC(=O)OCc1ccccc1. The Hall–Kier alpha value is -3.35. The summed E-state index contributed by atoms with van der Waals surface area (Å²) in [5.41, 5.74) is 2.51. The molecule has 0 aliphatic rings. The number of amides is 3. The van der Waals surface area contributed by atoms with Gasteiger partial charge in [-0.15, -0.1) is 0 Å². The maximum absolute atomic E-state index is 12.5. The van der Waals surface area contributed by atoms with Crippen molar-refractivity contribution < 1.29 is 19.1 Å². The van der Waals surface area contributed by atoms with Crippen LogP contribution in [0.5, 0.6) is 0 Å². The smallest absolute Gasteiger partial charge is 0.407 e. The first kappa shape index (κ1) is 23.9. The first-order valence-corrected chi connectivity index (χ1v) is 10.4. The van der Waals surface area contributed by atoms with Crippen LogP contribution in [0, 0.1) is 0 Å². The summed E-state index contributed by atoms with van der Waals surface area (Å²) in [6.45, 7) is 3.59. The van der Waals surface area contributed by atoms with Crippen LogP contribution in [0.2, 0.25) is 0 Å². The molecule has 3 amide bonds. The Morgan fingerprint density at radius 1 is 0.935 bits per heavy atom. The molecule has 7 nitrogen and oxygen atoms in total. The molecule has 0 atom stereocenters. The summed E-state index contributed by atoms with van der Waals surface area (Å²) in [5.74, 6) is -0.0276. The summed E-state index contributed by atoms with van der Waals surface area (Å²) in [7, 11) is 3.43. The van der Waals surface area contributed by atoms with E-state index in [1.54, 1.807) is 31.1 Å². The van der Waals surface area contributed by atoms with Gasteiger partial charge in [-0.05, 0) is 36.6 Å². The summed E-state index contributed by atoms with van der Waals surface area (Å²) in [6, 6.07) is 16.8. The maximum Gasteiger partial charge on any atom is 0.407 e. The fourth-order valence-corrected chi connectivity index (χ4v) is 2.97. The Labute approximate surface area is 184 Å². The van der Waals surface area contributed by atoms with E-state index in [4.69, 9.17) is 4.74 Å². The molecule has 0 radical (unpaired) electrons. The maximum atomic E-state index is 12.5. The lowest BCUT2D eigenvalue weighted by Gasteiger charge is -2.21. The van der Waals surface area contributed by atoms with Crippen LogP contribution < -0.4 is 5.32 Å². The third-order valence-corrected chi connectivity index (χ3v) is 4.76. The van der Waals surface area contributed by atoms with Crippen LogP contribution in [-0.2, 0) is 22.7 Å². The number of hydrogen-bond acceptors (Lipinski definition) is 4. The molecule has 1 N–H and O–H groups in total. The predicted molar refractivity (Wildman–Crippen MR) is 119 cm³/mol. The fraction of sp³-hybridized carbons (Fsp3) is 0.375. The van der Waals surface area contributed by atoms with Crippen molar-refractivity contribution in [3.05, 3.63) is 71.3 Å². The number of nitrogens with one attached hydrogen (secondary N) is 1. The van der Waals surface area contributed by atoms with Crippen molar-refractivity contribution in [3.63, 3.8) is 0 Å². The fourth-order valence-electron chi connectivity index (χ4n) is 2.97. The van der Waals surface area contributed by atoms with Gasteiger partial charge in [-0.2, -0.15) is 0 Å². The molecule has 0 bridgehead atoms. The molecule has 0 aromatic heterocycles. The van der Waals surface area contributed by atoms with Crippen molar-refractivity contribution in [2.45, 2.75) is 32.9 Å². The Morgan fingerprint density at radius 3 is 2.23 bits per heavy atom. The van der Waals surface area contributed by atoms with Crippen molar-refractivity contribution in [2.75, 3.05) is 27.2 Å². The number of benzene rings is 2. The largest absolute Gasteiger partial charge is 0.445 e. The highest BCUT2D eigenvalue weighted by Crippen LogP contribution is 2.10. The van der Waals surface area contributed by atoms with Crippen LogP contribution in [0.1, 0.15) is 41.3 Å². The molecule has 0 saturated carbocycles. The van der Waals surface area contributed by atoms with E-state index in [9.17, 15) is 14.4 Å². The Morgan fingerprint density at radius 2 is 1.61 bits per heavy atom. The van der Waals surface area contributed by atoms with Gasteiger partial charge in [0.15, 0.2) is 0 Å².